The van der Waals surface area contributed by atoms with E-state index < -0.39 is 0 Å². The van der Waals surface area contributed by atoms with E-state index >= 15 is 0 Å². The van der Waals surface area contributed by atoms with E-state index in [0.29, 0.717) is 6.54 Å². The highest BCUT2D eigenvalue weighted by Gasteiger charge is 2.39. The number of nitrogens with zero attached hydrogens (tertiary/aromatic N) is 3. The Morgan fingerprint density at radius 3 is 2.86 bits per heavy atom. The van der Waals surface area contributed by atoms with E-state index in [1.165, 1.54) is 6.42 Å². The molecule has 120 valence electrons. The van der Waals surface area contributed by atoms with Crippen molar-refractivity contribution >= 4 is 5.91 Å². The molecular formula is C17H25N3O2. The minimum absolute atomic E-state index is 0.0817. The van der Waals surface area contributed by atoms with Gasteiger partial charge in [0.05, 0.1) is 12.1 Å². The molecule has 0 saturated carbocycles. The fraction of sp³-hybridized carbons (Fsp3) is 0.647. The molecule has 0 unspecified atom stereocenters. The van der Waals surface area contributed by atoms with E-state index in [1.807, 2.05) is 30.3 Å². The summed E-state index contributed by atoms with van der Waals surface area (Å²) in [4.78, 5) is 20.6. The van der Waals surface area contributed by atoms with Gasteiger partial charge in [-0.1, -0.05) is 6.07 Å². The molecule has 0 aliphatic carbocycles. The van der Waals surface area contributed by atoms with Gasteiger partial charge < -0.3 is 9.64 Å². The molecule has 2 fully saturated rings. The predicted molar refractivity (Wildman–Crippen MR) is 84.3 cm³/mol. The molecule has 22 heavy (non-hydrogen) atoms. The first-order valence-corrected chi connectivity index (χ1v) is 8.16. The highest BCUT2D eigenvalue weighted by molar-refractivity contribution is 5.78. The molecular weight excluding hydrogens is 278 g/mol. The Kier molecular flexibility index (Phi) is 4.74. The molecule has 1 spiro atoms. The maximum Gasteiger partial charge on any atom is 0.236 e. The van der Waals surface area contributed by atoms with Gasteiger partial charge in [-0.25, -0.2) is 0 Å². The summed E-state index contributed by atoms with van der Waals surface area (Å²) >= 11 is 0. The van der Waals surface area contributed by atoms with Crippen molar-refractivity contribution in [2.45, 2.75) is 37.8 Å². The lowest BCUT2D eigenvalue weighted by atomic mass is 9.88. The number of amides is 1. The molecule has 1 aromatic heterocycles. The van der Waals surface area contributed by atoms with Crippen LogP contribution in [0, 0.1) is 0 Å². The van der Waals surface area contributed by atoms with Gasteiger partial charge in [-0.05, 0) is 44.4 Å². The molecule has 2 aliphatic rings. The Balaban J connectivity index is 1.46. The van der Waals surface area contributed by atoms with Crippen LogP contribution in [0.2, 0.25) is 0 Å². The summed E-state index contributed by atoms with van der Waals surface area (Å²) in [6.45, 7) is 3.77. The van der Waals surface area contributed by atoms with Gasteiger partial charge in [-0.15, -0.1) is 0 Å². The van der Waals surface area contributed by atoms with Crippen molar-refractivity contribution in [2.24, 2.45) is 0 Å². The number of carbonyl (C=O) groups excluding carboxylic acids is 1. The van der Waals surface area contributed by atoms with Crippen molar-refractivity contribution in [3.63, 3.8) is 0 Å². The zero-order valence-electron chi connectivity index (χ0n) is 13.3. The summed E-state index contributed by atoms with van der Waals surface area (Å²) in [5.74, 6) is 0.222. The fourth-order valence-corrected chi connectivity index (χ4v) is 3.50. The summed E-state index contributed by atoms with van der Waals surface area (Å²) in [5.41, 5.74) is 1.22. The van der Waals surface area contributed by atoms with Crippen LogP contribution in [0.3, 0.4) is 0 Å². The maximum absolute atomic E-state index is 12.4. The predicted octanol–water partition coefficient (Wildman–Crippen LogP) is 1.68. The van der Waals surface area contributed by atoms with Gasteiger partial charge in [0, 0.05) is 38.6 Å². The van der Waals surface area contributed by atoms with E-state index in [2.05, 4.69) is 9.88 Å². The Bertz CT molecular complexity index is 490. The summed E-state index contributed by atoms with van der Waals surface area (Å²) in [6.07, 6.45) is 7.93. The van der Waals surface area contributed by atoms with Crippen molar-refractivity contribution < 1.29 is 9.53 Å². The Morgan fingerprint density at radius 1 is 1.41 bits per heavy atom. The van der Waals surface area contributed by atoms with Crippen molar-refractivity contribution in [1.29, 1.82) is 0 Å². The van der Waals surface area contributed by atoms with Gasteiger partial charge in [-0.2, -0.15) is 0 Å². The number of ether oxygens (including phenoxy) is 1. The normalized spacial score (nSPS) is 20.7. The molecule has 0 atom stereocenters. The van der Waals surface area contributed by atoms with Crippen molar-refractivity contribution in [2.75, 3.05) is 33.3 Å². The molecule has 1 aromatic rings. The van der Waals surface area contributed by atoms with Crippen LogP contribution in [0.15, 0.2) is 24.5 Å². The second-order valence-corrected chi connectivity index (χ2v) is 6.55. The molecule has 2 saturated heterocycles. The number of hydrogen-bond acceptors (Lipinski definition) is 4. The minimum atomic E-state index is 0.0817. The lowest BCUT2D eigenvalue weighted by molar-refractivity contribution is -0.137. The Morgan fingerprint density at radius 2 is 2.23 bits per heavy atom. The van der Waals surface area contributed by atoms with Crippen LogP contribution in [0.4, 0.5) is 0 Å². The second-order valence-electron chi connectivity index (χ2n) is 6.55. The minimum Gasteiger partial charge on any atom is -0.375 e. The van der Waals surface area contributed by atoms with Crippen molar-refractivity contribution in [3.05, 3.63) is 30.1 Å². The van der Waals surface area contributed by atoms with E-state index in [-0.39, 0.29) is 11.5 Å². The van der Waals surface area contributed by atoms with Crippen LogP contribution in [-0.2, 0) is 16.1 Å². The fourth-order valence-electron chi connectivity index (χ4n) is 3.50. The first kappa shape index (κ1) is 15.4. The van der Waals surface area contributed by atoms with Gasteiger partial charge in [0.2, 0.25) is 5.91 Å². The first-order valence-electron chi connectivity index (χ1n) is 8.16. The van der Waals surface area contributed by atoms with E-state index in [9.17, 15) is 4.79 Å². The molecule has 0 radical (unpaired) electrons. The van der Waals surface area contributed by atoms with Crippen LogP contribution in [0.5, 0.6) is 0 Å². The summed E-state index contributed by atoms with van der Waals surface area (Å²) in [7, 11) is 1.98. The van der Waals surface area contributed by atoms with Crippen LogP contribution >= 0.6 is 0 Å². The van der Waals surface area contributed by atoms with E-state index in [1.54, 1.807) is 6.20 Å². The number of carbonyl (C=O) groups is 1. The third-order valence-corrected chi connectivity index (χ3v) is 4.79. The standard InChI is InChI=1S/C17H25N3O2/c1-19(13-15-4-2-8-18-12-15)14-16(21)20-9-6-17(7-10-20)5-3-11-22-17/h2,4,8,12H,3,5-7,9-11,13-14H2,1H3. The SMILES string of the molecule is CN(CC(=O)N1CCC2(CCCO2)CC1)Cc1cccnc1. The van der Waals surface area contributed by atoms with Crippen LogP contribution in [0.1, 0.15) is 31.2 Å². The number of pyridine rings is 1. The number of hydrogen-bond donors (Lipinski definition) is 0. The van der Waals surface area contributed by atoms with Crippen LogP contribution < -0.4 is 0 Å². The molecule has 2 aliphatic heterocycles. The second kappa shape index (κ2) is 6.75. The third kappa shape index (κ3) is 3.65. The van der Waals surface area contributed by atoms with Crippen LogP contribution in [0.25, 0.3) is 0 Å². The highest BCUT2D eigenvalue weighted by Crippen LogP contribution is 2.35. The van der Waals surface area contributed by atoms with E-state index in [0.717, 1.165) is 51.1 Å². The van der Waals surface area contributed by atoms with E-state index in [4.69, 9.17) is 4.74 Å². The summed E-state index contributed by atoms with van der Waals surface area (Å²) in [6, 6.07) is 3.97. The molecule has 5 nitrogen and oxygen atoms in total. The smallest absolute Gasteiger partial charge is 0.236 e. The topological polar surface area (TPSA) is 45.7 Å². The molecule has 0 bridgehead atoms. The molecule has 1 amide bonds. The first-order chi connectivity index (χ1) is 10.7. The zero-order valence-corrected chi connectivity index (χ0v) is 13.3. The Hall–Kier alpha value is -1.46. The van der Waals surface area contributed by atoms with Gasteiger partial charge in [0.1, 0.15) is 0 Å². The monoisotopic (exact) mass is 303 g/mol. The zero-order chi connectivity index (χ0) is 15.4. The average molecular weight is 303 g/mol. The van der Waals surface area contributed by atoms with Gasteiger partial charge in [-0.3, -0.25) is 14.7 Å². The lowest BCUT2D eigenvalue weighted by Crippen LogP contribution is -2.48. The highest BCUT2D eigenvalue weighted by atomic mass is 16.5. The maximum atomic E-state index is 12.4. The van der Waals surface area contributed by atoms with Crippen molar-refractivity contribution in [1.82, 2.24) is 14.8 Å². The molecule has 3 rings (SSSR count). The largest absolute Gasteiger partial charge is 0.375 e. The molecule has 5 heteroatoms. The van der Waals surface area contributed by atoms with Gasteiger partial charge >= 0.3 is 0 Å². The lowest BCUT2D eigenvalue weighted by Gasteiger charge is -2.39. The average Bonchev–Trinajstić information content (AvgIpc) is 2.97. The number of likely N-dealkylation sites (N-methyl/N-ethyl adjacent to an activating group) is 1. The van der Waals surface area contributed by atoms with Crippen molar-refractivity contribution in [3.8, 4) is 0 Å². The number of piperidine rings is 1. The van der Waals surface area contributed by atoms with Gasteiger partial charge in [0.15, 0.2) is 0 Å². The van der Waals surface area contributed by atoms with Gasteiger partial charge in [0.25, 0.3) is 0 Å². The Labute approximate surface area is 132 Å². The summed E-state index contributed by atoms with van der Waals surface area (Å²) in [5, 5.41) is 0. The number of aromatic nitrogens is 1. The molecule has 0 N–H and O–H groups in total. The summed E-state index contributed by atoms with van der Waals surface area (Å²) < 4.78 is 5.91. The molecule has 0 aromatic carbocycles. The number of rotatable bonds is 4. The quantitative estimate of drug-likeness (QED) is 0.849. The third-order valence-electron chi connectivity index (χ3n) is 4.79. The molecule has 3 heterocycles. The van der Waals surface area contributed by atoms with Crippen LogP contribution in [-0.4, -0.2) is 59.6 Å². The number of likely N-dealkylation sites (tertiary alicyclic amines) is 1.